The van der Waals surface area contributed by atoms with Crippen LogP contribution in [0.3, 0.4) is 0 Å². The molecular formula is C12H14N4O4. The lowest BCUT2D eigenvalue weighted by atomic mass is 10.1. The zero-order valence-electron chi connectivity index (χ0n) is 11.2. The third-order valence-electron chi connectivity index (χ3n) is 3.06. The molecule has 8 nitrogen and oxygen atoms in total. The minimum atomic E-state index is -0.958. The van der Waals surface area contributed by atoms with Gasteiger partial charge in [-0.3, -0.25) is 9.36 Å². The Labute approximate surface area is 114 Å². The highest BCUT2D eigenvalue weighted by molar-refractivity contribution is 5.70. The highest BCUT2D eigenvalue weighted by atomic mass is 16.5. The van der Waals surface area contributed by atoms with E-state index in [0.717, 1.165) is 0 Å². The highest BCUT2D eigenvalue weighted by Crippen LogP contribution is 2.11. The third kappa shape index (κ3) is 2.90. The van der Waals surface area contributed by atoms with Gasteiger partial charge in [0.25, 0.3) is 0 Å². The molecule has 20 heavy (non-hydrogen) atoms. The molecule has 1 N–H and O–H groups in total. The maximum atomic E-state index is 11.9. The maximum absolute atomic E-state index is 11.9. The van der Waals surface area contributed by atoms with Gasteiger partial charge in [-0.2, -0.15) is 9.97 Å². The fourth-order valence-electron chi connectivity index (χ4n) is 2.02. The first-order chi connectivity index (χ1) is 9.49. The molecule has 0 saturated carbocycles. The minimum absolute atomic E-state index is 0.161. The molecule has 2 aromatic rings. The number of hydrogen-bond donors (Lipinski definition) is 1. The van der Waals surface area contributed by atoms with Crippen molar-refractivity contribution < 1.29 is 14.4 Å². The molecule has 0 saturated heterocycles. The van der Waals surface area contributed by atoms with E-state index >= 15 is 0 Å². The van der Waals surface area contributed by atoms with Crippen LogP contribution in [0, 0.1) is 13.8 Å². The summed E-state index contributed by atoms with van der Waals surface area (Å²) in [4.78, 5) is 30.5. The van der Waals surface area contributed by atoms with E-state index in [-0.39, 0.29) is 6.42 Å². The van der Waals surface area contributed by atoms with Crippen LogP contribution in [0.5, 0.6) is 0 Å². The quantitative estimate of drug-likeness (QED) is 0.826. The molecule has 0 atom stereocenters. The van der Waals surface area contributed by atoms with E-state index in [2.05, 4.69) is 15.1 Å². The lowest BCUT2D eigenvalue weighted by molar-refractivity contribution is -0.136. The van der Waals surface area contributed by atoms with Crippen molar-refractivity contribution in [1.82, 2.24) is 19.7 Å². The first-order valence-electron chi connectivity index (χ1n) is 6.03. The van der Waals surface area contributed by atoms with Crippen molar-refractivity contribution in [3.8, 4) is 0 Å². The standard InChI is InChI=1S/C12H14N4O4/c1-7-9(5-11(17)18)8(2)16(12(19)15-7)4-3-10-13-6-14-20-10/h6H,3-5H2,1-2H3,(H,17,18). The van der Waals surface area contributed by atoms with Gasteiger partial charge in [0, 0.05) is 29.9 Å². The van der Waals surface area contributed by atoms with E-state index in [0.29, 0.717) is 35.8 Å². The van der Waals surface area contributed by atoms with Crippen molar-refractivity contribution in [2.24, 2.45) is 0 Å². The summed E-state index contributed by atoms with van der Waals surface area (Å²) in [6.45, 7) is 3.66. The summed E-state index contributed by atoms with van der Waals surface area (Å²) in [6, 6.07) is 0. The first kappa shape index (κ1) is 13.9. The van der Waals surface area contributed by atoms with Gasteiger partial charge in [-0.05, 0) is 13.8 Å². The zero-order chi connectivity index (χ0) is 14.7. The molecule has 2 aromatic heterocycles. The van der Waals surface area contributed by atoms with Crippen molar-refractivity contribution in [3.63, 3.8) is 0 Å². The van der Waals surface area contributed by atoms with Crippen molar-refractivity contribution in [2.45, 2.75) is 33.2 Å². The van der Waals surface area contributed by atoms with Gasteiger partial charge in [-0.25, -0.2) is 4.79 Å². The van der Waals surface area contributed by atoms with Gasteiger partial charge >= 0.3 is 11.7 Å². The minimum Gasteiger partial charge on any atom is -0.481 e. The molecule has 0 bridgehead atoms. The summed E-state index contributed by atoms with van der Waals surface area (Å²) < 4.78 is 6.29. The first-order valence-corrected chi connectivity index (χ1v) is 6.03. The van der Waals surface area contributed by atoms with Crippen LogP contribution in [0.25, 0.3) is 0 Å². The molecular weight excluding hydrogens is 264 g/mol. The largest absolute Gasteiger partial charge is 0.481 e. The summed E-state index contributed by atoms with van der Waals surface area (Å²) in [6.07, 6.45) is 1.51. The van der Waals surface area contributed by atoms with Gasteiger partial charge < -0.3 is 9.63 Å². The molecule has 106 valence electrons. The number of nitrogens with zero attached hydrogens (tertiary/aromatic N) is 4. The molecule has 0 amide bonds. The number of rotatable bonds is 5. The Balaban J connectivity index is 2.32. The summed E-state index contributed by atoms with van der Waals surface area (Å²) in [5.74, 6) is -0.545. The van der Waals surface area contributed by atoms with Gasteiger partial charge in [0.1, 0.15) is 0 Å². The average molecular weight is 278 g/mol. The van der Waals surface area contributed by atoms with Gasteiger partial charge in [-0.1, -0.05) is 5.16 Å². The van der Waals surface area contributed by atoms with Crippen LogP contribution in [-0.2, 0) is 24.2 Å². The van der Waals surface area contributed by atoms with Crippen LogP contribution in [0.4, 0.5) is 0 Å². The van der Waals surface area contributed by atoms with E-state index in [1.54, 1.807) is 13.8 Å². The second-order valence-corrected chi connectivity index (χ2v) is 4.35. The monoisotopic (exact) mass is 278 g/mol. The van der Waals surface area contributed by atoms with Crippen molar-refractivity contribution in [1.29, 1.82) is 0 Å². The smallest absolute Gasteiger partial charge is 0.347 e. The maximum Gasteiger partial charge on any atom is 0.347 e. The third-order valence-corrected chi connectivity index (χ3v) is 3.06. The van der Waals surface area contributed by atoms with Crippen molar-refractivity contribution in [2.75, 3.05) is 0 Å². The summed E-state index contributed by atoms with van der Waals surface area (Å²) >= 11 is 0. The number of carboxylic acid groups (broad SMARTS) is 1. The van der Waals surface area contributed by atoms with E-state index < -0.39 is 11.7 Å². The van der Waals surface area contributed by atoms with E-state index in [1.807, 2.05) is 0 Å². The zero-order valence-corrected chi connectivity index (χ0v) is 11.2. The number of carbonyl (C=O) groups is 1. The molecule has 0 aliphatic rings. The molecule has 0 radical (unpaired) electrons. The predicted octanol–water partition coefficient (Wildman–Crippen LogP) is 0.113. The second-order valence-electron chi connectivity index (χ2n) is 4.35. The molecule has 0 aliphatic heterocycles. The van der Waals surface area contributed by atoms with Gasteiger partial charge in [0.2, 0.25) is 5.89 Å². The number of carboxylic acids is 1. The Kier molecular flexibility index (Phi) is 3.92. The summed E-state index contributed by atoms with van der Waals surface area (Å²) in [5.41, 5.74) is 1.20. The fraction of sp³-hybridized carbons (Fsp3) is 0.417. The summed E-state index contributed by atoms with van der Waals surface area (Å²) in [7, 11) is 0. The molecule has 8 heteroatoms. The normalized spacial score (nSPS) is 10.7. The molecule has 2 rings (SSSR count). The van der Waals surface area contributed by atoms with Crippen LogP contribution in [0.2, 0.25) is 0 Å². The van der Waals surface area contributed by atoms with Gasteiger partial charge in [-0.15, -0.1) is 0 Å². The fourth-order valence-corrected chi connectivity index (χ4v) is 2.02. The van der Waals surface area contributed by atoms with Crippen LogP contribution < -0.4 is 5.69 Å². The molecule has 0 unspecified atom stereocenters. The number of aliphatic carboxylic acids is 1. The van der Waals surface area contributed by atoms with E-state index in [9.17, 15) is 9.59 Å². The van der Waals surface area contributed by atoms with E-state index in [1.165, 1.54) is 10.9 Å². The van der Waals surface area contributed by atoms with Crippen LogP contribution >= 0.6 is 0 Å². The average Bonchev–Trinajstić information content (AvgIpc) is 2.87. The molecule has 0 aromatic carbocycles. The number of aromatic nitrogens is 4. The number of aryl methyl sites for hydroxylation is 2. The molecule has 2 heterocycles. The lowest BCUT2D eigenvalue weighted by Gasteiger charge is -2.13. The van der Waals surface area contributed by atoms with Crippen molar-refractivity contribution >= 4 is 5.97 Å². The van der Waals surface area contributed by atoms with Crippen molar-refractivity contribution in [3.05, 3.63) is 39.7 Å². The highest BCUT2D eigenvalue weighted by Gasteiger charge is 2.14. The van der Waals surface area contributed by atoms with E-state index in [4.69, 9.17) is 9.63 Å². The molecule has 0 fully saturated rings. The Morgan fingerprint density at radius 2 is 2.20 bits per heavy atom. The van der Waals surface area contributed by atoms with Crippen LogP contribution in [-0.4, -0.2) is 30.8 Å². The Bertz CT molecular complexity index is 676. The Morgan fingerprint density at radius 1 is 1.45 bits per heavy atom. The Hall–Kier alpha value is -2.51. The molecule has 0 aliphatic carbocycles. The second kappa shape index (κ2) is 5.64. The van der Waals surface area contributed by atoms with Crippen LogP contribution in [0.15, 0.2) is 15.6 Å². The predicted molar refractivity (Wildman–Crippen MR) is 67.3 cm³/mol. The van der Waals surface area contributed by atoms with Gasteiger partial charge in [0.05, 0.1) is 6.42 Å². The SMILES string of the molecule is Cc1nc(=O)n(CCc2ncno2)c(C)c1CC(=O)O. The van der Waals surface area contributed by atoms with Gasteiger partial charge in [0.15, 0.2) is 6.33 Å². The molecule has 0 spiro atoms. The summed E-state index contributed by atoms with van der Waals surface area (Å²) in [5, 5.41) is 12.4. The van der Waals surface area contributed by atoms with Crippen LogP contribution in [0.1, 0.15) is 22.8 Å². The number of hydrogen-bond acceptors (Lipinski definition) is 6. The lowest BCUT2D eigenvalue weighted by Crippen LogP contribution is -2.29. The Morgan fingerprint density at radius 3 is 2.80 bits per heavy atom. The topological polar surface area (TPSA) is 111 Å².